The number of benzene rings is 1. The van der Waals surface area contributed by atoms with E-state index in [1.54, 1.807) is 13.8 Å². The number of piperidine rings is 1. The zero-order chi connectivity index (χ0) is 27.7. The number of hydrogen-bond acceptors (Lipinski definition) is 7. The van der Waals surface area contributed by atoms with Gasteiger partial charge in [0.1, 0.15) is 24.2 Å². The number of hydrogen-bond donors (Lipinski definition) is 3. The summed E-state index contributed by atoms with van der Waals surface area (Å²) >= 11 is 0. The first kappa shape index (κ1) is 26.8. The van der Waals surface area contributed by atoms with Crippen molar-refractivity contribution in [3.8, 4) is 5.75 Å². The molecule has 14 heteroatoms. The van der Waals surface area contributed by atoms with Crippen LogP contribution in [-0.4, -0.2) is 49.3 Å². The summed E-state index contributed by atoms with van der Waals surface area (Å²) in [5.41, 5.74) is -5.08. The van der Waals surface area contributed by atoms with Crippen LogP contribution in [0.3, 0.4) is 0 Å². The topological polar surface area (TPSA) is 106 Å². The number of aromatic nitrogens is 3. The fourth-order valence-electron chi connectivity index (χ4n) is 5.48. The minimum Gasteiger partial charge on any atom is -0.492 e. The number of halogens is 6. The number of nitrogens with one attached hydrogen (secondary N) is 1. The van der Waals surface area contributed by atoms with Crippen molar-refractivity contribution in [3.05, 3.63) is 41.7 Å². The summed E-state index contributed by atoms with van der Waals surface area (Å²) < 4.78 is 92.9. The van der Waals surface area contributed by atoms with E-state index < -0.39 is 46.7 Å². The molecular weight excluding hydrogens is 522 g/mol. The molecule has 3 heterocycles. The molecule has 2 aromatic heterocycles. The van der Waals surface area contributed by atoms with Crippen LogP contribution in [0.4, 0.5) is 26.3 Å². The molecule has 0 spiro atoms. The maximum Gasteiger partial charge on any atom is 0.436 e. The molecule has 1 aliphatic carbocycles. The third-order valence-electron chi connectivity index (χ3n) is 7.06. The minimum absolute atomic E-state index is 0.0126. The van der Waals surface area contributed by atoms with Crippen molar-refractivity contribution in [1.29, 1.82) is 0 Å². The predicted octanol–water partition coefficient (Wildman–Crippen LogP) is 4.55. The lowest BCUT2D eigenvalue weighted by Crippen LogP contribution is -2.53. The molecule has 1 aromatic carbocycles. The highest BCUT2D eigenvalue weighted by Gasteiger charge is 2.46. The summed E-state index contributed by atoms with van der Waals surface area (Å²) in [6.07, 6.45) is -7.26. The Bertz CT molecular complexity index is 1330. The predicted molar refractivity (Wildman–Crippen MR) is 120 cm³/mol. The normalized spacial score (nSPS) is 30.4. The van der Waals surface area contributed by atoms with E-state index in [1.807, 2.05) is 0 Å². The van der Waals surface area contributed by atoms with Crippen molar-refractivity contribution in [2.75, 3.05) is 6.61 Å². The van der Waals surface area contributed by atoms with Crippen molar-refractivity contribution < 1.29 is 45.7 Å². The van der Waals surface area contributed by atoms with Gasteiger partial charge < -0.3 is 24.7 Å². The standard InChI is InChI=1S/C24H26F6N4O4/c1-12-5-22(36,20-33-18(11-38-20)24(28,29)30)6-14(32-12)10-37-16-3-13-9-31-34(15-7-21(2,35)8-15)19(13)17(4-16)23(25,26)27/h3-4,9,11-12,14-15,32,35-36H,5-8,10H2,1-2H3/t12-,14-,15?,21?,22-/m0/s1. The van der Waals surface area contributed by atoms with Crippen LogP contribution < -0.4 is 10.1 Å². The minimum atomic E-state index is -4.74. The lowest BCUT2D eigenvalue weighted by molar-refractivity contribution is -0.141. The van der Waals surface area contributed by atoms with Crippen LogP contribution in [0, 0.1) is 0 Å². The largest absolute Gasteiger partial charge is 0.492 e. The van der Waals surface area contributed by atoms with Crippen LogP contribution in [0.25, 0.3) is 10.9 Å². The smallest absolute Gasteiger partial charge is 0.436 e. The Morgan fingerprint density at radius 2 is 1.82 bits per heavy atom. The maximum absolute atomic E-state index is 14.0. The second-order valence-electron chi connectivity index (χ2n) is 10.6. The Kier molecular flexibility index (Phi) is 6.23. The van der Waals surface area contributed by atoms with Gasteiger partial charge in [-0.2, -0.15) is 31.4 Å². The third kappa shape index (κ3) is 5.08. The van der Waals surface area contributed by atoms with E-state index in [0.29, 0.717) is 6.26 Å². The molecule has 0 radical (unpaired) electrons. The molecule has 0 bridgehead atoms. The molecule has 1 aliphatic heterocycles. The van der Waals surface area contributed by atoms with Crippen LogP contribution in [0.1, 0.15) is 62.7 Å². The van der Waals surface area contributed by atoms with Gasteiger partial charge >= 0.3 is 12.4 Å². The molecule has 3 atom stereocenters. The van der Waals surface area contributed by atoms with Gasteiger partial charge in [0, 0.05) is 30.3 Å². The van der Waals surface area contributed by atoms with Crippen molar-refractivity contribution in [2.45, 2.75) is 81.2 Å². The number of aliphatic hydroxyl groups is 2. The molecule has 5 rings (SSSR count). The summed E-state index contributed by atoms with van der Waals surface area (Å²) in [6, 6.07) is 0.922. The zero-order valence-corrected chi connectivity index (χ0v) is 20.4. The summed E-state index contributed by atoms with van der Waals surface area (Å²) in [4.78, 5) is 3.41. The molecule has 8 nitrogen and oxygen atoms in total. The second-order valence-corrected chi connectivity index (χ2v) is 10.6. The number of alkyl halides is 6. The zero-order valence-electron chi connectivity index (χ0n) is 20.4. The first-order valence-corrected chi connectivity index (χ1v) is 12.0. The van der Waals surface area contributed by atoms with Gasteiger partial charge in [-0.05, 0) is 38.8 Å². The van der Waals surface area contributed by atoms with E-state index >= 15 is 0 Å². The van der Waals surface area contributed by atoms with Crippen molar-refractivity contribution in [3.63, 3.8) is 0 Å². The van der Waals surface area contributed by atoms with E-state index in [2.05, 4.69) is 15.4 Å². The molecule has 1 saturated carbocycles. The van der Waals surface area contributed by atoms with E-state index in [9.17, 15) is 36.6 Å². The van der Waals surface area contributed by atoms with Gasteiger partial charge in [0.2, 0.25) is 5.89 Å². The summed E-state index contributed by atoms with van der Waals surface area (Å²) in [5, 5.41) is 28.6. The highest BCUT2D eigenvalue weighted by Crippen LogP contribution is 2.45. The summed E-state index contributed by atoms with van der Waals surface area (Å²) in [6.45, 7) is 3.14. The fourth-order valence-corrected chi connectivity index (χ4v) is 5.48. The first-order valence-electron chi connectivity index (χ1n) is 12.0. The van der Waals surface area contributed by atoms with Crippen LogP contribution in [0.5, 0.6) is 5.75 Å². The fraction of sp³-hybridized carbons (Fsp3) is 0.583. The lowest BCUT2D eigenvalue weighted by atomic mass is 9.77. The monoisotopic (exact) mass is 548 g/mol. The van der Waals surface area contributed by atoms with E-state index in [4.69, 9.17) is 9.15 Å². The first-order chi connectivity index (χ1) is 17.5. The molecule has 2 fully saturated rings. The van der Waals surface area contributed by atoms with Gasteiger partial charge in [-0.3, -0.25) is 4.68 Å². The molecule has 0 amide bonds. The second kappa shape index (κ2) is 8.85. The molecular formula is C24H26F6N4O4. The van der Waals surface area contributed by atoms with E-state index in [0.717, 1.165) is 6.07 Å². The Hall–Kier alpha value is -2.84. The summed E-state index contributed by atoms with van der Waals surface area (Å²) in [7, 11) is 0. The Balaban J connectivity index is 1.36. The van der Waals surface area contributed by atoms with Gasteiger partial charge in [-0.15, -0.1) is 0 Å². The van der Waals surface area contributed by atoms with Crippen LogP contribution in [0.2, 0.25) is 0 Å². The van der Waals surface area contributed by atoms with Gasteiger partial charge in [0.25, 0.3) is 0 Å². The number of rotatable bonds is 5. The molecule has 208 valence electrons. The van der Waals surface area contributed by atoms with E-state index in [-0.39, 0.29) is 61.0 Å². The van der Waals surface area contributed by atoms with Gasteiger partial charge in [-0.1, -0.05) is 0 Å². The molecule has 3 N–H and O–H groups in total. The van der Waals surface area contributed by atoms with Crippen molar-refractivity contribution in [1.82, 2.24) is 20.1 Å². The van der Waals surface area contributed by atoms with Gasteiger partial charge in [0.05, 0.1) is 28.9 Å². The van der Waals surface area contributed by atoms with Crippen LogP contribution >= 0.6 is 0 Å². The van der Waals surface area contributed by atoms with E-state index in [1.165, 1.54) is 16.9 Å². The van der Waals surface area contributed by atoms with Crippen LogP contribution in [-0.2, 0) is 18.0 Å². The average molecular weight is 548 g/mol. The van der Waals surface area contributed by atoms with Crippen molar-refractivity contribution in [2.24, 2.45) is 0 Å². The maximum atomic E-state index is 14.0. The molecule has 3 aromatic rings. The lowest BCUT2D eigenvalue weighted by Gasteiger charge is -2.41. The molecule has 1 saturated heterocycles. The van der Waals surface area contributed by atoms with Gasteiger partial charge in [-0.25, -0.2) is 4.98 Å². The number of oxazole rings is 1. The number of fused-ring (bicyclic) bond motifs is 1. The Morgan fingerprint density at radius 3 is 2.42 bits per heavy atom. The summed E-state index contributed by atoms with van der Waals surface area (Å²) in [5.74, 6) is -0.560. The third-order valence-corrected chi connectivity index (χ3v) is 7.06. The number of ether oxygens (including phenoxy) is 1. The molecule has 38 heavy (non-hydrogen) atoms. The van der Waals surface area contributed by atoms with Crippen LogP contribution in [0.15, 0.2) is 29.0 Å². The highest BCUT2D eigenvalue weighted by molar-refractivity contribution is 5.84. The van der Waals surface area contributed by atoms with Crippen molar-refractivity contribution >= 4 is 10.9 Å². The molecule has 2 aliphatic rings. The average Bonchev–Trinajstić information content (AvgIpc) is 3.42. The Morgan fingerprint density at radius 1 is 1.11 bits per heavy atom. The highest BCUT2D eigenvalue weighted by atomic mass is 19.4. The quantitative estimate of drug-likeness (QED) is 0.402. The number of nitrogens with zero attached hydrogens (tertiary/aromatic N) is 3. The molecule has 0 unspecified atom stereocenters. The Labute approximate surface area is 212 Å². The van der Waals surface area contributed by atoms with Gasteiger partial charge in [0.15, 0.2) is 5.69 Å². The SMILES string of the molecule is C[C@H]1C[C@@](O)(c2nc(C(F)(F)F)co2)C[C@@H](COc2cc(C(F)(F)F)c3c(cnn3C3CC(C)(O)C3)c2)N1.